The van der Waals surface area contributed by atoms with Crippen molar-refractivity contribution >= 4 is 17.6 Å². The van der Waals surface area contributed by atoms with Crippen LogP contribution in [0.2, 0.25) is 5.02 Å². The van der Waals surface area contributed by atoms with Crippen LogP contribution in [0.4, 0.5) is 22.4 Å². The Morgan fingerprint density at radius 1 is 1.00 bits per heavy atom. The molecular weight excluding hydrogens is 506 g/mol. The van der Waals surface area contributed by atoms with Crippen molar-refractivity contribution in [2.24, 2.45) is 11.8 Å². The lowest BCUT2D eigenvalue weighted by Gasteiger charge is -2.36. The van der Waals surface area contributed by atoms with Gasteiger partial charge in [-0.2, -0.15) is 13.2 Å². The number of halogens is 5. The van der Waals surface area contributed by atoms with Crippen molar-refractivity contribution in [1.82, 2.24) is 15.6 Å². The van der Waals surface area contributed by atoms with Crippen molar-refractivity contribution in [2.45, 2.75) is 49.9 Å². The normalized spacial score (nSPS) is 22.5. The largest absolute Gasteiger partial charge is 0.416 e. The van der Waals surface area contributed by atoms with Gasteiger partial charge in [0.05, 0.1) is 16.3 Å². The Labute approximate surface area is 217 Å². The number of urea groups is 1. The molecule has 1 heterocycles. The molecule has 2 saturated carbocycles. The minimum Gasteiger partial charge on any atom is -0.335 e. The summed E-state index contributed by atoms with van der Waals surface area (Å²) in [7, 11) is 0. The lowest BCUT2D eigenvalue weighted by Crippen LogP contribution is -2.55. The van der Waals surface area contributed by atoms with Gasteiger partial charge in [0, 0.05) is 18.7 Å². The van der Waals surface area contributed by atoms with Crippen LogP contribution in [0.3, 0.4) is 0 Å². The Bertz CT molecular complexity index is 1270. The molecule has 1 aromatic heterocycles. The Morgan fingerprint density at radius 3 is 2.38 bits per heavy atom. The summed E-state index contributed by atoms with van der Waals surface area (Å²) in [6.07, 6.45) is 0.749. The monoisotopic (exact) mass is 531 g/mol. The topological polar surface area (TPSA) is 54.0 Å². The van der Waals surface area contributed by atoms with Gasteiger partial charge in [-0.3, -0.25) is 4.98 Å². The fourth-order valence-corrected chi connectivity index (χ4v) is 5.98. The second-order valence-corrected chi connectivity index (χ2v) is 10.5. The molecule has 4 atom stereocenters. The highest BCUT2D eigenvalue weighted by Gasteiger charge is 2.43. The number of nitrogens with one attached hydrogen (secondary N) is 2. The van der Waals surface area contributed by atoms with E-state index in [0.29, 0.717) is 22.9 Å². The first-order valence-corrected chi connectivity index (χ1v) is 12.6. The molecule has 2 aliphatic carbocycles. The van der Waals surface area contributed by atoms with Crippen LogP contribution in [0, 0.1) is 17.7 Å². The van der Waals surface area contributed by atoms with E-state index in [-0.39, 0.29) is 23.7 Å². The van der Waals surface area contributed by atoms with E-state index in [1.165, 1.54) is 6.20 Å². The minimum atomic E-state index is -4.78. The Hall–Kier alpha value is -3.13. The van der Waals surface area contributed by atoms with Crippen LogP contribution in [-0.4, -0.2) is 17.1 Å². The van der Waals surface area contributed by atoms with Crippen molar-refractivity contribution in [2.75, 3.05) is 0 Å². The van der Waals surface area contributed by atoms with Gasteiger partial charge in [0.1, 0.15) is 11.4 Å². The van der Waals surface area contributed by atoms with Gasteiger partial charge in [-0.1, -0.05) is 48.4 Å². The number of amides is 2. The van der Waals surface area contributed by atoms with Crippen LogP contribution >= 0.6 is 11.6 Å². The number of alkyl halides is 3. The molecule has 2 bridgehead atoms. The number of rotatable bonds is 6. The zero-order valence-corrected chi connectivity index (χ0v) is 20.6. The molecular formula is C28H26ClF4N3O. The van der Waals surface area contributed by atoms with Gasteiger partial charge >= 0.3 is 12.2 Å². The molecule has 2 aromatic carbocycles. The van der Waals surface area contributed by atoms with Crippen molar-refractivity contribution in [3.63, 3.8) is 0 Å². The van der Waals surface area contributed by atoms with E-state index in [4.69, 9.17) is 11.6 Å². The number of nitrogens with zero attached hydrogens (tertiary/aromatic N) is 1. The highest BCUT2D eigenvalue weighted by molar-refractivity contribution is 6.30. The lowest BCUT2D eigenvalue weighted by molar-refractivity contribution is -0.137. The van der Waals surface area contributed by atoms with E-state index in [9.17, 15) is 22.4 Å². The van der Waals surface area contributed by atoms with Crippen molar-refractivity contribution in [3.8, 4) is 0 Å². The molecule has 2 N–H and O–H groups in total. The van der Waals surface area contributed by atoms with Crippen LogP contribution in [0.25, 0.3) is 0 Å². The number of hydrogen-bond donors (Lipinski definition) is 2. The second-order valence-electron chi connectivity index (χ2n) is 10.0. The SMILES string of the molecule is O=C(N[C@@H]1C[C@H]2CC[C@@H]1C2)N[C@@](Cc1ccccc1)(c1cc(F)cc(C(F)(F)F)c1)c1ccc(Cl)cn1. The van der Waals surface area contributed by atoms with Gasteiger partial charge in [-0.05, 0) is 72.6 Å². The van der Waals surface area contributed by atoms with Crippen LogP contribution in [0.1, 0.15) is 48.1 Å². The van der Waals surface area contributed by atoms with Crippen molar-refractivity contribution in [3.05, 3.63) is 100 Å². The van der Waals surface area contributed by atoms with Gasteiger partial charge in [-0.25, -0.2) is 9.18 Å². The molecule has 0 spiro atoms. The molecule has 0 unspecified atom stereocenters. The molecule has 2 aliphatic rings. The summed E-state index contributed by atoms with van der Waals surface area (Å²) < 4.78 is 55.9. The minimum absolute atomic E-state index is 0.00963. The number of carbonyl (C=O) groups is 1. The Kier molecular flexibility index (Phi) is 6.88. The van der Waals surface area contributed by atoms with Crippen LogP contribution < -0.4 is 10.6 Å². The summed E-state index contributed by atoms with van der Waals surface area (Å²) in [5.41, 5.74) is -1.87. The average molecular weight is 532 g/mol. The Morgan fingerprint density at radius 2 is 1.76 bits per heavy atom. The zero-order valence-electron chi connectivity index (χ0n) is 19.9. The van der Waals surface area contributed by atoms with E-state index >= 15 is 0 Å². The maximum Gasteiger partial charge on any atom is 0.416 e. The lowest BCUT2D eigenvalue weighted by atomic mass is 9.79. The summed E-state index contributed by atoms with van der Waals surface area (Å²) in [4.78, 5) is 17.9. The predicted octanol–water partition coefficient (Wildman–Crippen LogP) is 6.87. The van der Waals surface area contributed by atoms with E-state index < -0.39 is 29.1 Å². The predicted molar refractivity (Wildman–Crippen MR) is 132 cm³/mol. The van der Waals surface area contributed by atoms with E-state index in [1.807, 2.05) is 6.07 Å². The van der Waals surface area contributed by atoms with E-state index in [2.05, 4.69) is 15.6 Å². The fourth-order valence-electron chi connectivity index (χ4n) is 5.87. The molecule has 0 saturated heterocycles. The maximum atomic E-state index is 14.7. The molecule has 9 heteroatoms. The van der Waals surface area contributed by atoms with Gasteiger partial charge in [0.2, 0.25) is 0 Å². The third-order valence-electron chi connectivity index (χ3n) is 7.58. The number of pyridine rings is 1. The number of hydrogen-bond acceptors (Lipinski definition) is 2. The third kappa shape index (κ3) is 5.44. The first-order valence-electron chi connectivity index (χ1n) is 12.3. The average Bonchev–Trinajstić information content (AvgIpc) is 3.47. The standard InChI is InChI=1S/C28H26ClF4N3O/c29-22-8-9-25(34-16-22)27(15-17-4-2-1-3-5-17,20-12-21(28(31,32)33)14-23(30)13-20)36-26(37)35-24-11-18-6-7-19(24)10-18/h1-5,8-9,12-14,16,18-19,24H,6-7,10-11,15H2,(H2,35,36,37)/t18-,19+,24+,27-/m0/s1. The number of carbonyl (C=O) groups excluding carboxylic acids is 1. The molecule has 2 fully saturated rings. The molecule has 0 radical (unpaired) electrons. The highest BCUT2D eigenvalue weighted by Crippen LogP contribution is 2.44. The van der Waals surface area contributed by atoms with Gasteiger partial charge in [-0.15, -0.1) is 0 Å². The van der Waals surface area contributed by atoms with Crippen molar-refractivity contribution in [1.29, 1.82) is 0 Å². The second kappa shape index (κ2) is 9.97. The molecule has 5 rings (SSSR count). The zero-order chi connectivity index (χ0) is 26.2. The molecule has 37 heavy (non-hydrogen) atoms. The molecule has 2 amide bonds. The summed E-state index contributed by atoms with van der Waals surface area (Å²) in [5.74, 6) is -0.0923. The highest BCUT2D eigenvalue weighted by atomic mass is 35.5. The smallest absolute Gasteiger partial charge is 0.335 e. The molecule has 4 nitrogen and oxygen atoms in total. The first-order chi connectivity index (χ1) is 17.6. The fraction of sp³-hybridized carbons (Fsp3) is 0.357. The number of fused-ring (bicyclic) bond motifs is 2. The van der Waals surface area contributed by atoms with E-state index in [1.54, 1.807) is 36.4 Å². The van der Waals surface area contributed by atoms with Crippen LogP contribution in [0.15, 0.2) is 66.9 Å². The summed E-state index contributed by atoms with van der Waals surface area (Å²) >= 11 is 6.06. The van der Waals surface area contributed by atoms with Gasteiger partial charge < -0.3 is 10.6 Å². The number of benzene rings is 2. The molecule has 0 aliphatic heterocycles. The maximum absolute atomic E-state index is 14.7. The molecule has 194 valence electrons. The van der Waals surface area contributed by atoms with Gasteiger partial charge in [0.25, 0.3) is 0 Å². The summed E-state index contributed by atoms with van der Waals surface area (Å²) in [5, 5.41) is 6.29. The quantitative estimate of drug-likeness (QED) is 0.341. The third-order valence-corrected chi connectivity index (χ3v) is 7.80. The number of aromatic nitrogens is 1. The van der Waals surface area contributed by atoms with E-state index in [0.717, 1.165) is 43.4 Å². The van der Waals surface area contributed by atoms with Crippen molar-refractivity contribution < 1.29 is 22.4 Å². The Balaban J connectivity index is 1.62. The van der Waals surface area contributed by atoms with Crippen LogP contribution in [0.5, 0.6) is 0 Å². The van der Waals surface area contributed by atoms with Gasteiger partial charge in [0.15, 0.2) is 0 Å². The first kappa shape index (κ1) is 25.5. The molecule has 3 aromatic rings. The van der Waals surface area contributed by atoms with Crippen LogP contribution in [-0.2, 0) is 18.1 Å². The summed E-state index contributed by atoms with van der Waals surface area (Å²) in [6.45, 7) is 0. The summed E-state index contributed by atoms with van der Waals surface area (Å²) in [6, 6.07) is 13.9.